The fraction of sp³-hybridized carbons (Fsp3) is 0.480. The molecular formula is C25H32N6O2. The summed E-state index contributed by atoms with van der Waals surface area (Å²) in [5.41, 5.74) is 5.16. The van der Waals surface area contributed by atoms with Crippen molar-refractivity contribution in [3.8, 4) is 11.5 Å². The first-order valence-corrected chi connectivity index (χ1v) is 11.7. The Morgan fingerprint density at radius 1 is 0.970 bits per heavy atom. The van der Waals surface area contributed by atoms with Crippen LogP contribution in [0, 0.1) is 19.8 Å². The molecule has 0 aliphatic carbocycles. The monoisotopic (exact) mass is 448 g/mol. The molecule has 0 spiro atoms. The van der Waals surface area contributed by atoms with Crippen LogP contribution in [-0.2, 0) is 6.54 Å². The molecule has 2 aliphatic rings. The van der Waals surface area contributed by atoms with E-state index in [9.17, 15) is 0 Å². The van der Waals surface area contributed by atoms with E-state index in [1.54, 1.807) is 0 Å². The van der Waals surface area contributed by atoms with Crippen molar-refractivity contribution in [2.45, 2.75) is 40.3 Å². The van der Waals surface area contributed by atoms with Gasteiger partial charge in [0.1, 0.15) is 0 Å². The first kappa shape index (κ1) is 21.7. The highest BCUT2D eigenvalue weighted by Gasteiger charge is 2.32. The lowest BCUT2D eigenvalue weighted by Gasteiger charge is -2.41. The van der Waals surface area contributed by atoms with E-state index < -0.39 is 0 Å². The fourth-order valence-corrected chi connectivity index (χ4v) is 4.95. The quantitative estimate of drug-likeness (QED) is 0.571. The molecule has 0 saturated carbocycles. The van der Waals surface area contributed by atoms with Crippen molar-refractivity contribution < 1.29 is 9.47 Å². The Hall–Kier alpha value is -3.13. The number of aryl methyl sites for hydroxylation is 1. The first-order chi connectivity index (χ1) is 16.0. The number of piperazine rings is 1. The summed E-state index contributed by atoms with van der Waals surface area (Å²) >= 11 is 0. The maximum atomic E-state index is 5.54. The maximum absolute atomic E-state index is 5.54. The van der Waals surface area contributed by atoms with Crippen LogP contribution in [0.4, 0.5) is 5.69 Å². The van der Waals surface area contributed by atoms with Crippen molar-refractivity contribution in [3.63, 3.8) is 0 Å². The summed E-state index contributed by atoms with van der Waals surface area (Å²) in [6.45, 7) is 13.7. The summed E-state index contributed by atoms with van der Waals surface area (Å²) in [5, 5.41) is 12.9. The number of benzene rings is 2. The minimum atomic E-state index is 0.162. The van der Waals surface area contributed by atoms with Crippen molar-refractivity contribution in [2.24, 2.45) is 5.92 Å². The number of fused-ring (bicyclic) bond motifs is 1. The second-order valence-corrected chi connectivity index (χ2v) is 9.31. The topological polar surface area (TPSA) is 68.5 Å². The molecule has 2 aromatic carbocycles. The van der Waals surface area contributed by atoms with Gasteiger partial charge in [0, 0.05) is 31.9 Å². The molecule has 3 heterocycles. The highest BCUT2D eigenvalue weighted by molar-refractivity contribution is 5.56. The highest BCUT2D eigenvalue weighted by Crippen LogP contribution is 2.34. The molecule has 33 heavy (non-hydrogen) atoms. The summed E-state index contributed by atoms with van der Waals surface area (Å²) < 4.78 is 12.9. The van der Waals surface area contributed by atoms with Crippen LogP contribution in [0.25, 0.3) is 0 Å². The Morgan fingerprint density at radius 2 is 1.76 bits per heavy atom. The van der Waals surface area contributed by atoms with Gasteiger partial charge in [0.15, 0.2) is 17.3 Å². The van der Waals surface area contributed by atoms with Gasteiger partial charge in [0.25, 0.3) is 0 Å². The SMILES string of the molecule is Cc1cccc(N2CCN([C@@H](c3nnnn3Cc3ccc4c(c3)OCO4)C(C)C)CC2)c1C. The van der Waals surface area contributed by atoms with Crippen LogP contribution in [0.3, 0.4) is 0 Å². The second kappa shape index (κ2) is 9.02. The number of hydrogen-bond donors (Lipinski definition) is 0. The van der Waals surface area contributed by atoms with Gasteiger partial charge in [-0.05, 0) is 65.1 Å². The van der Waals surface area contributed by atoms with Crippen LogP contribution in [0.5, 0.6) is 11.5 Å². The third-order valence-corrected chi connectivity index (χ3v) is 6.85. The van der Waals surface area contributed by atoms with Gasteiger partial charge in [-0.2, -0.15) is 0 Å². The third-order valence-electron chi connectivity index (χ3n) is 6.85. The largest absolute Gasteiger partial charge is 0.454 e. The minimum absolute atomic E-state index is 0.162. The zero-order valence-corrected chi connectivity index (χ0v) is 19.9. The Morgan fingerprint density at radius 3 is 2.55 bits per heavy atom. The number of aromatic nitrogens is 4. The van der Waals surface area contributed by atoms with Crippen molar-refractivity contribution in [1.82, 2.24) is 25.1 Å². The molecule has 1 saturated heterocycles. The molecule has 1 aromatic heterocycles. The van der Waals surface area contributed by atoms with Crippen LogP contribution in [0.2, 0.25) is 0 Å². The molecule has 8 heteroatoms. The average molecular weight is 449 g/mol. The van der Waals surface area contributed by atoms with Gasteiger partial charge >= 0.3 is 0 Å². The van der Waals surface area contributed by atoms with Gasteiger partial charge in [-0.25, -0.2) is 4.68 Å². The number of hydrogen-bond acceptors (Lipinski definition) is 7. The molecule has 2 aliphatic heterocycles. The van der Waals surface area contributed by atoms with Gasteiger partial charge < -0.3 is 14.4 Å². The minimum Gasteiger partial charge on any atom is -0.454 e. The molecule has 174 valence electrons. The molecule has 0 radical (unpaired) electrons. The van der Waals surface area contributed by atoms with Crippen LogP contribution in [0.1, 0.15) is 42.4 Å². The van der Waals surface area contributed by atoms with E-state index in [0.29, 0.717) is 12.5 Å². The Balaban J connectivity index is 1.32. The third kappa shape index (κ3) is 4.27. The van der Waals surface area contributed by atoms with Crippen molar-refractivity contribution in [3.05, 3.63) is 58.9 Å². The van der Waals surface area contributed by atoms with E-state index in [2.05, 4.69) is 71.2 Å². The smallest absolute Gasteiger partial charge is 0.231 e. The predicted octanol–water partition coefficient (Wildman–Crippen LogP) is 3.59. The lowest BCUT2D eigenvalue weighted by molar-refractivity contribution is 0.135. The zero-order chi connectivity index (χ0) is 22.9. The van der Waals surface area contributed by atoms with E-state index in [1.807, 2.05) is 22.9 Å². The predicted molar refractivity (Wildman–Crippen MR) is 127 cm³/mol. The average Bonchev–Trinajstić information content (AvgIpc) is 3.46. The van der Waals surface area contributed by atoms with Crippen molar-refractivity contribution in [1.29, 1.82) is 0 Å². The van der Waals surface area contributed by atoms with Gasteiger partial charge in [-0.15, -0.1) is 5.10 Å². The standard InChI is InChI=1S/C25H32N6O2/c1-17(2)24(30-12-10-29(11-13-30)21-7-5-6-18(3)19(21)4)25-26-27-28-31(25)15-20-8-9-22-23(14-20)33-16-32-22/h5-9,14,17,24H,10-13,15-16H2,1-4H3/t24-/m1/s1. The molecular weight excluding hydrogens is 416 g/mol. The molecule has 3 aromatic rings. The zero-order valence-electron chi connectivity index (χ0n) is 19.9. The summed E-state index contributed by atoms with van der Waals surface area (Å²) in [7, 11) is 0. The number of rotatable bonds is 6. The van der Waals surface area contributed by atoms with E-state index in [-0.39, 0.29) is 12.8 Å². The molecule has 1 fully saturated rings. The number of ether oxygens (including phenoxy) is 2. The van der Waals surface area contributed by atoms with Crippen LogP contribution < -0.4 is 14.4 Å². The molecule has 0 N–H and O–H groups in total. The van der Waals surface area contributed by atoms with Crippen molar-refractivity contribution >= 4 is 5.69 Å². The maximum Gasteiger partial charge on any atom is 0.231 e. The van der Waals surface area contributed by atoms with Crippen LogP contribution >= 0.6 is 0 Å². The molecule has 5 rings (SSSR count). The number of nitrogens with zero attached hydrogens (tertiary/aromatic N) is 6. The van der Waals surface area contributed by atoms with E-state index >= 15 is 0 Å². The van der Waals surface area contributed by atoms with Crippen LogP contribution in [0.15, 0.2) is 36.4 Å². The first-order valence-electron chi connectivity index (χ1n) is 11.7. The van der Waals surface area contributed by atoms with E-state index in [4.69, 9.17) is 9.47 Å². The Kier molecular flexibility index (Phi) is 5.93. The molecule has 0 unspecified atom stereocenters. The van der Waals surface area contributed by atoms with Gasteiger partial charge in [-0.1, -0.05) is 32.0 Å². The van der Waals surface area contributed by atoms with E-state index in [1.165, 1.54) is 16.8 Å². The lowest BCUT2D eigenvalue weighted by atomic mass is 10.00. The van der Waals surface area contributed by atoms with Crippen LogP contribution in [-0.4, -0.2) is 58.1 Å². The summed E-state index contributed by atoms with van der Waals surface area (Å²) in [6, 6.07) is 12.8. The highest BCUT2D eigenvalue weighted by atomic mass is 16.7. The molecule has 8 nitrogen and oxygen atoms in total. The summed E-state index contributed by atoms with van der Waals surface area (Å²) in [4.78, 5) is 5.04. The molecule has 0 amide bonds. The van der Waals surface area contributed by atoms with Crippen molar-refractivity contribution in [2.75, 3.05) is 37.9 Å². The Bertz CT molecular complexity index is 1120. The normalized spacial score (nSPS) is 17.1. The fourth-order valence-electron chi connectivity index (χ4n) is 4.95. The molecule has 0 bridgehead atoms. The second-order valence-electron chi connectivity index (χ2n) is 9.31. The van der Waals surface area contributed by atoms with Gasteiger partial charge in [-0.3, -0.25) is 4.90 Å². The number of tetrazole rings is 1. The van der Waals surface area contributed by atoms with E-state index in [0.717, 1.165) is 49.1 Å². The Labute approximate surface area is 195 Å². The van der Waals surface area contributed by atoms with Gasteiger partial charge in [0.2, 0.25) is 6.79 Å². The molecule has 1 atom stereocenters. The summed E-state index contributed by atoms with van der Waals surface area (Å²) in [5.74, 6) is 2.88. The van der Waals surface area contributed by atoms with Gasteiger partial charge in [0.05, 0.1) is 12.6 Å². The summed E-state index contributed by atoms with van der Waals surface area (Å²) in [6.07, 6.45) is 0. The number of anilines is 1. The lowest BCUT2D eigenvalue weighted by Crippen LogP contribution is -2.49.